The predicted molar refractivity (Wildman–Crippen MR) is 112 cm³/mol. The van der Waals surface area contributed by atoms with Gasteiger partial charge in [-0.05, 0) is 42.0 Å². The molecule has 170 valence electrons. The number of rotatable bonds is 3. The minimum absolute atomic E-state index is 0.186. The van der Waals surface area contributed by atoms with Gasteiger partial charge in [0.15, 0.2) is 0 Å². The van der Waals surface area contributed by atoms with Crippen LogP contribution in [-0.4, -0.2) is 55.4 Å². The van der Waals surface area contributed by atoms with Crippen LogP contribution in [0.5, 0.6) is 0 Å². The third-order valence-electron chi connectivity index (χ3n) is 6.67. The Morgan fingerprint density at radius 3 is 2.25 bits per heavy atom. The van der Waals surface area contributed by atoms with Gasteiger partial charge in [0.25, 0.3) is 0 Å². The van der Waals surface area contributed by atoms with Crippen LogP contribution in [0.1, 0.15) is 11.1 Å². The molecule has 0 saturated carbocycles. The smallest absolute Gasteiger partial charge is 0.380 e. The second kappa shape index (κ2) is 7.67. The normalized spacial score (nSPS) is 24.2. The molecule has 0 aromatic heterocycles. The summed E-state index contributed by atoms with van der Waals surface area (Å²) in [6, 6.07) is 12.2. The fourth-order valence-corrected chi connectivity index (χ4v) is 4.78. The molecular formula is C23H24F3N3O3. The lowest BCUT2D eigenvalue weighted by molar-refractivity contribution is -0.184. The highest BCUT2D eigenvalue weighted by molar-refractivity contribution is 5.89. The lowest BCUT2D eigenvalue weighted by Crippen LogP contribution is -2.46. The monoisotopic (exact) mass is 447 g/mol. The van der Waals surface area contributed by atoms with Crippen LogP contribution in [0.4, 0.5) is 29.3 Å². The Hall–Kier alpha value is -2.78. The number of amides is 2. The Morgan fingerprint density at radius 2 is 1.69 bits per heavy atom. The van der Waals surface area contributed by atoms with Crippen molar-refractivity contribution in [3.05, 3.63) is 59.7 Å². The van der Waals surface area contributed by atoms with E-state index in [9.17, 15) is 23.1 Å². The summed E-state index contributed by atoms with van der Waals surface area (Å²) in [7, 11) is 0. The van der Waals surface area contributed by atoms with E-state index in [1.807, 2.05) is 6.07 Å². The molecule has 5 rings (SSSR count). The molecule has 2 N–H and O–H groups in total. The third kappa shape index (κ3) is 3.91. The Morgan fingerprint density at radius 1 is 1.03 bits per heavy atom. The van der Waals surface area contributed by atoms with Gasteiger partial charge < -0.3 is 25.0 Å². The average Bonchev–Trinajstić information content (AvgIpc) is 3.31. The van der Waals surface area contributed by atoms with E-state index in [1.54, 1.807) is 23.1 Å². The molecule has 3 heterocycles. The number of hydrogen-bond donors (Lipinski definition) is 2. The standard InChI is InChI=1S/C23H24F3N3O3/c24-23(25,26)17-4-6-20(7-5-17)28-9-15-11-29(12-16(15)10-28)21(30)27-19-3-1-2-18(8-19)22(31)13-32-14-22/h1-8,15-16,31H,9-14H2,(H,27,30). The number of urea groups is 1. The fraction of sp³-hybridized carbons (Fsp3) is 0.435. The number of aliphatic hydroxyl groups is 1. The van der Waals surface area contributed by atoms with Crippen LogP contribution in [0.25, 0.3) is 0 Å². The lowest BCUT2D eigenvalue weighted by atomic mass is 9.92. The van der Waals surface area contributed by atoms with Gasteiger partial charge in [-0.3, -0.25) is 0 Å². The van der Waals surface area contributed by atoms with E-state index >= 15 is 0 Å². The van der Waals surface area contributed by atoms with Gasteiger partial charge >= 0.3 is 12.2 Å². The van der Waals surface area contributed by atoms with Gasteiger partial charge in [-0.2, -0.15) is 13.2 Å². The van der Waals surface area contributed by atoms with E-state index < -0.39 is 17.3 Å². The number of halogens is 3. The zero-order chi connectivity index (χ0) is 22.5. The van der Waals surface area contributed by atoms with Crippen molar-refractivity contribution in [1.82, 2.24) is 4.90 Å². The first kappa shape index (κ1) is 21.1. The minimum Gasteiger partial charge on any atom is -0.380 e. The van der Waals surface area contributed by atoms with Crippen molar-refractivity contribution in [2.45, 2.75) is 11.8 Å². The van der Waals surface area contributed by atoms with Gasteiger partial charge in [-0.1, -0.05) is 12.1 Å². The Balaban J connectivity index is 1.18. The van der Waals surface area contributed by atoms with E-state index in [2.05, 4.69) is 10.2 Å². The lowest BCUT2D eigenvalue weighted by Gasteiger charge is -2.36. The highest BCUT2D eigenvalue weighted by Gasteiger charge is 2.42. The Kier molecular flexibility index (Phi) is 5.05. The van der Waals surface area contributed by atoms with E-state index in [0.717, 1.165) is 17.8 Å². The first-order valence-electron chi connectivity index (χ1n) is 10.6. The molecule has 2 atom stereocenters. The van der Waals surface area contributed by atoms with Crippen LogP contribution < -0.4 is 10.2 Å². The Labute approximate surface area is 183 Å². The molecule has 3 fully saturated rings. The van der Waals surface area contributed by atoms with Gasteiger partial charge in [0, 0.05) is 49.4 Å². The highest BCUT2D eigenvalue weighted by Crippen LogP contribution is 2.36. The van der Waals surface area contributed by atoms with Gasteiger partial charge in [-0.25, -0.2) is 4.79 Å². The van der Waals surface area contributed by atoms with Crippen LogP contribution in [0.2, 0.25) is 0 Å². The first-order valence-corrected chi connectivity index (χ1v) is 10.6. The molecule has 0 radical (unpaired) electrons. The molecule has 0 spiro atoms. The number of nitrogens with one attached hydrogen (secondary N) is 1. The van der Waals surface area contributed by atoms with Crippen molar-refractivity contribution in [2.75, 3.05) is 49.6 Å². The van der Waals surface area contributed by atoms with Crippen LogP contribution >= 0.6 is 0 Å². The summed E-state index contributed by atoms with van der Waals surface area (Å²) < 4.78 is 43.5. The number of hydrogen-bond acceptors (Lipinski definition) is 4. The van der Waals surface area contributed by atoms with E-state index in [1.165, 1.54) is 12.1 Å². The number of carbonyl (C=O) groups is 1. The van der Waals surface area contributed by atoms with Gasteiger partial charge in [0.1, 0.15) is 5.60 Å². The van der Waals surface area contributed by atoms with Crippen molar-refractivity contribution in [1.29, 1.82) is 0 Å². The molecule has 0 aliphatic carbocycles. The topological polar surface area (TPSA) is 65.0 Å². The third-order valence-corrected chi connectivity index (χ3v) is 6.67. The fourth-order valence-electron chi connectivity index (χ4n) is 4.78. The van der Waals surface area contributed by atoms with Crippen LogP contribution in [0.15, 0.2) is 48.5 Å². The summed E-state index contributed by atoms with van der Waals surface area (Å²) in [6.45, 7) is 3.12. The summed E-state index contributed by atoms with van der Waals surface area (Å²) >= 11 is 0. The molecule has 3 aliphatic heterocycles. The summed E-state index contributed by atoms with van der Waals surface area (Å²) in [5.41, 5.74) is 0.471. The van der Waals surface area contributed by atoms with Crippen molar-refractivity contribution < 1.29 is 27.8 Å². The summed E-state index contributed by atoms with van der Waals surface area (Å²) in [4.78, 5) is 16.7. The van der Waals surface area contributed by atoms with Crippen molar-refractivity contribution >= 4 is 17.4 Å². The minimum atomic E-state index is -4.34. The second-order valence-corrected chi connectivity index (χ2v) is 8.91. The molecule has 3 saturated heterocycles. The SMILES string of the molecule is O=C(Nc1cccc(C2(O)COC2)c1)N1CC2CN(c3ccc(C(F)(F)F)cc3)CC2C1. The molecule has 32 heavy (non-hydrogen) atoms. The van der Waals surface area contributed by atoms with Crippen molar-refractivity contribution in [2.24, 2.45) is 11.8 Å². The summed E-state index contributed by atoms with van der Waals surface area (Å²) in [5, 5.41) is 13.3. The molecule has 6 nitrogen and oxygen atoms in total. The molecule has 2 unspecified atom stereocenters. The number of ether oxygens (including phenoxy) is 1. The first-order chi connectivity index (χ1) is 15.2. The van der Waals surface area contributed by atoms with Crippen LogP contribution in [0, 0.1) is 11.8 Å². The highest BCUT2D eigenvalue weighted by atomic mass is 19.4. The number of benzene rings is 2. The van der Waals surface area contributed by atoms with Crippen LogP contribution in [0.3, 0.4) is 0 Å². The summed E-state index contributed by atoms with van der Waals surface area (Å²) in [5.74, 6) is 0.560. The molecule has 3 aliphatic rings. The molecule has 2 aromatic rings. The predicted octanol–water partition coefficient (Wildman–Crippen LogP) is 3.52. The average molecular weight is 447 g/mol. The number of alkyl halides is 3. The van der Waals surface area contributed by atoms with Gasteiger partial charge in [-0.15, -0.1) is 0 Å². The van der Waals surface area contributed by atoms with Crippen molar-refractivity contribution in [3.8, 4) is 0 Å². The zero-order valence-corrected chi connectivity index (χ0v) is 17.3. The molecule has 0 bridgehead atoms. The van der Waals surface area contributed by atoms with Gasteiger partial charge in [0.2, 0.25) is 0 Å². The van der Waals surface area contributed by atoms with E-state index in [-0.39, 0.29) is 31.1 Å². The molecule has 2 amide bonds. The molecule has 2 aromatic carbocycles. The number of carbonyl (C=O) groups excluding carboxylic acids is 1. The number of fused-ring (bicyclic) bond motifs is 1. The maximum Gasteiger partial charge on any atom is 0.416 e. The maximum absolute atomic E-state index is 12.8. The van der Waals surface area contributed by atoms with E-state index in [0.29, 0.717) is 37.4 Å². The maximum atomic E-state index is 12.8. The Bertz CT molecular complexity index is 994. The van der Waals surface area contributed by atoms with Gasteiger partial charge in [0.05, 0.1) is 18.8 Å². The van der Waals surface area contributed by atoms with Crippen LogP contribution in [-0.2, 0) is 16.5 Å². The van der Waals surface area contributed by atoms with E-state index in [4.69, 9.17) is 4.74 Å². The number of anilines is 2. The summed E-state index contributed by atoms with van der Waals surface area (Å²) in [6.07, 6.45) is -4.34. The molecular weight excluding hydrogens is 423 g/mol. The zero-order valence-electron chi connectivity index (χ0n) is 17.3. The number of likely N-dealkylation sites (tertiary alicyclic amines) is 1. The second-order valence-electron chi connectivity index (χ2n) is 8.91. The largest absolute Gasteiger partial charge is 0.416 e. The quantitative estimate of drug-likeness (QED) is 0.756. The molecule has 9 heteroatoms. The number of nitrogens with zero attached hydrogens (tertiary/aromatic N) is 2. The van der Waals surface area contributed by atoms with Crippen molar-refractivity contribution in [3.63, 3.8) is 0 Å².